The minimum Gasteiger partial charge on any atom is -0.398 e. The summed E-state index contributed by atoms with van der Waals surface area (Å²) in [4.78, 5) is 10.9. The van der Waals surface area contributed by atoms with E-state index in [2.05, 4.69) is 10.1 Å². The molecule has 1 N–H and O–H groups in total. The number of amides is 1. The van der Waals surface area contributed by atoms with Crippen molar-refractivity contribution in [2.24, 2.45) is 0 Å². The zero-order chi connectivity index (χ0) is 9.90. The van der Waals surface area contributed by atoms with Crippen LogP contribution >= 0.6 is 46.1 Å². The van der Waals surface area contributed by atoms with E-state index in [1.165, 1.54) is 11.3 Å². The molecule has 0 saturated heterocycles. The Morgan fingerprint density at radius 3 is 2.69 bits per heavy atom. The molecule has 13 heavy (non-hydrogen) atoms. The van der Waals surface area contributed by atoms with Gasteiger partial charge in [-0.25, -0.2) is 4.79 Å². The second kappa shape index (κ2) is 4.37. The van der Waals surface area contributed by atoms with Gasteiger partial charge in [-0.1, -0.05) is 0 Å². The maximum absolute atomic E-state index is 10.9. The maximum atomic E-state index is 10.9. The summed E-state index contributed by atoms with van der Waals surface area (Å²) >= 11 is 17.0. The van der Waals surface area contributed by atoms with E-state index in [1.54, 1.807) is 17.5 Å². The van der Waals surface area contributed by atoms with Gasteiger partial charge in [0.2, 0.25) is 0 Å². The van der Waals surface area contributed by atoms with Crippen LogP contribution in [0.2, 0.25) is 0 Å². The number of rotatable bonds is 1. The van der Waals surface area contributed by atoms with Crippen LogP contribution in [0.15, 0.2) is 17.5 Å². The molecule has 1 rings (SSSR count). The fourth-order valence-electron chi connectivity index (χ4n) is 0.581. The van der Waals surface area contributed by atoms with Crippen molar-refractivity contribution in [2.75, 3.05) is 5.32 Å². The number of carbonyl (C=O) groups excluding carboxylic acids is 1. The molecule has 0 bridgehead atoms. The molecule has 0 atom stereocenters. The average molecular weight is 261 g/mol. The van der Waals surface area contributed by atoms with Crippen molar-refractivity contribution >= 4 is 57.2 Å². The first-order chi connectivity index (χ1) is 5.97. The van der Waals surface area contributed by atoms with Gasteiger partial charge >= 0.3 is 10.1 Å². The lowest BCUT2D eigenvalue weighted by atomic mass is 10.6. The van der Waals surface area contributed by atoms with Gasteiger partial charge in [-0.3, -0.25) is 5.32 Å². The van der Waals surface area contributed by atoms with Gasteiger partial charge in [0.25, 0.3) is 0 Å². The lowest BCUT2D eigenvalue weighted by molar-refractivity contribution is 0.160. The van der Waals surface area contributed by atoms with E-state index in [0.29, 0.717) is 5.00 Å². The zero-order valence-electron chi connectivity index (χ0n) is 6.09. The van der Waals surface area contributed by atoms with Gasteiger partial charge in [0.05, 0.1) is 5.00 Å². The average Bonchev–Trinajstić information content (AvgIpc) is 2.34. The highest BCUT2D eigenvalue weighted by molar-refractivity contribution is 7.14. The highest BCUT2D eigenvalue weighted by Gasteiger charge is 2.25. The van der Waals surface area contributed by atoms with Crippen molar-refractivity contribution in [3.05, 3.63) is 17.5 Å². The fourth-order valence-corrected chi connectivity index (χ4v) is 1.39. The Balaban J connectivity index is 2.43. The molecule has 1 amide bonds. The van der Waals surface area contributed by atoms with Gasteiger partial charge < -0.3 is 4.74 Å². The quantitative estimate of drug-likeness (QED) is 0.783. The van der Waals surface area contributed by atoms with E-state index in [9.17, 15) is 4.79 Å². The molecule has 1 heterocycles. The third-order valence-electron chi connectivity index (χ3n) is 0.955. The Morgan fingerprint density at radius 2 is 2.23 bits per heavy atom. The third-order valence-corrected chi connectivity index (χ3v) is 1.97. The topological polar surface area (TPSA) is 38.3 Å². The van der Waals surface area contributed by atoms with E-state index in [0.717, 1.165) is 0 Å². The van der Waals surface area contributed by atoms with Crippen LogP contribution in [0.5, 0.6) is 0 Å². The number of hydrogen-bond donors (Lipinski definition) is 1. The fraction of sp³-hybridized carbons (Fsp3) is 0.167. The molecule has 0 spiro atoms. The first kappa shape index (κ1) is 10.9. The molecule has 1 aromatic rings. The van der Waals surface area contributed by atoms with Gasteiger partial charge in [-0.05, 0) is 52.3 Å². The largest absolute Gasteiger partial charge is 0.415 e. The first-order valence-electron chi connectivity index (χ1n) is 3.07. The van der Waals surface area contributed by atoms with Crippen LogP contribution < -0.4 is 5.32 Å². The van der Waals surface area contributed by atoms with E-state index in [-0.39, 0.29) is 0 Å². The van der Waals surface area contributed by atoms with Gasteiger partial charge in [0.15, 0.2) is 0 Å². The molecule has 1 aromatic heterocycles. The molecule has 72 valence electrons. The zero-order valence-corrected chi connectivity index (χ0v) is 9.17. The van der Waals surface area contributed by atoms with E-state index >= 15 is 0 Å². The molecule has 0 aliphatic heterocycles. The first-order valence-corrected chi connectivity index (χ1v) is 5.09. The smallest absolute Gasteiger partial charge is 0.398 e. The number of ether oxygens (including phenoxy) is 1. The van der Waals surface area contributed by atoms with Crippen molar-refractivity contribution < 1.29 is 9.53 Å². The highest BCUT2D eigenvalue weighted by Crippen LogP contribution is 2.28. The van der Waals surface area contributed by atoms with Crippen LogP contribution in [-0.2, 0) is 4.74 Å². The van der Waals surface area contributed by atoms with Crippen molar-refractivity contribution in [1.82, 2.24) is 0 Å². The van der Waals surface area contributed by atoms with Crippen LogP contribution in [0.4, 0.5) is 9.80 Å². The Kier molecular flexibility index (Phi) is 3.67. The Labute approximate surface area is 93.5 Å². The van der Waals surface area contributed by atoms with E-state index in [1.807, 2.05) is 0 Å². The summed E-state index contributed by atoms with van der Waals surface area (Å²) in [6, 6.07) is 3.47. The van der Waals surface area contributed by atoms with Gasteiger partial charge in [0, 0.05) is 0 Å². The minimum absolute atomic E-state index is 0.624. The molecule has 3 nitrogen and oxygen atoms in total. The SMILES string of the molecule is O=C(Nc1cccs1)OC(Cl)(Cl)Cl. The number of thiophene rings is 1. The molecular formula is C6H4Cl3NO2S. The Bertz CT molecular complexity index is 283. The van der Waals surface area contributed by atoms with Crippen molar-refractivity contribution in [2.45, 2.75) is 3.98 Å². The summed E-state index contributed by atoms with van der Waals surface area (Å²) in [6.45, 7) is 0. The summed E-state index contributed by atoms with van der Waals surface area (Å²) in [6.07, 6.45) is -0.803. The summed E-state index contributed by atoms with van der Waals surface area (Å²) < 4.78 is 2.34. The standard InChI is InChI=1S/C6H4Cl3NO2S/c7-6(8,9)12-5(11)10-4-2-1-3-13-4/h1-3H,(H,10,11). The van der Waals surface area contributed by atoms with Crippen molar-refractivity contribution in [1.29, 1.82) is 0 Å². The van der Waals surface area contributed by atoms with Crippen LogP contribution in [0.1, 0.15) is 0 Å². The van der Waals surface area contributed by atoms with Crippen LogP contribution in [0.25, 0.3) is 0 Å². The predicted molar refractivity (Wildman–Crippen MR) is 54.7 cm³/mol. The highest BCUT2D eigenvalue weighted by atomic mass is 35.6. The molecule has 0 radical (unpaired) electrons. The third kappa shape index (κ3) is 4.57. The normalized spacial score (nSPS) is 11.0. The number of hydrogen-bond acceptors (Lipinski definition) is 3. The molecule has 7 heteroatoms. The number of halogens is 3. The summed E-state index contributed by atoms with van der Waals surface area (Å²) in [5.41, 5.74) is 0. The lowest BCUT2D eigenvalue weighted by Crippen LogP contribution is -2.20. The second-order valence-electron chi connectivity index (χ2n) is 1.94. The second-order valence-corrected chi connectivity index (χ2v) is 5.06. The molecule has 0 unspecified atom stereocenters. The van der Waals surface area contributed by atoms with Gasteiger partial charge in [0.1, 0.15) is 0 Å². The number of alkyl halides is 3. The molecule has 0 saturated carbocycles. The summed E-state index contributed by atoms with van der Waals surface area (Å²) in [7, 11) is 0. The van der Waals surface area contributed by atoms with Crippen LogP contribution in [-0.4, -0.2) is 10.1 Å². The predicted octanol–water partition coefficient (Wildman–Crippen LogP) is 3.62. The van der Waals surface area contributed by atoms with Crippen molar-refractivity contribution in [3.8, 4) is 0 Å². The molecule has 0 aromatic carbocycles. The monoisotopic (exact) mass is 259 g/mol. The number of nitrogens with one attached hydrogen (secondary N) is 1. The maximum Gasteiger partial charge on any atom is 0.415 e. The van der Waals surface area contributed by atoms with Crippen molar-refractivity contribution in [3.63, 3.8) is 0 Å². The number of carbonyl (C=O) groups is 1. The summed E-state index contributed by atoms with van der Waals surface area (Å²) in [5, 5.41) is 4.80. The van der Waals surface area contributed by atoms with Gasteiger partial charge in [-0.2, -0.15) is 0 Å². The minimum atomic E-state index is -2.03. The van der Waals surface area contributed by atoms with E-state index < -0.39 is 10.1 Å². The summed E-state index contributed by atoms with van der Waals surface area (Å²) in [5.74, 6) is 0. The molecule has 0 aliphatic carbocycles. The Hall–Kier alpha value is -0.160. The van der Waals surface area contributed by atoms with Crippen LogP contribution in [0, 0.1) is 0 Å². The van der Waals surface area contributed by atoms with Gasteiger partial charge in [-0.15, -0.1) is 11.3 Å². The van der Waals surface area contributed by atoms with E-state index in [4.69, 9.17) is 34.8 Å². The Morgan fingerprint density at radius 1 is 1.54 bits per heavy atom. The molecular weight excluding hydrogens is 256 g/mol. The molecule has 0 fully saturated rings. The lowest BCUT2D eigenvalue weighted by Gasteiger charge is -2.11. The van der Waals surface area contributed by atoms with Crippen LogP contribution in [0.3, 0.4) is 0 Å². The number of anilines is 1. The molecule has 0 aliphatic rings.